The van der Waals surface area contributed by atoms with E-state index in [-0.39, 0.29) is 23.6 Å². The highest BCUT2D eigenvalue weighted by Crippen LogP contribution is 2.40. The minimum Gasteiger partial charge on any atom is -0.490 e. The molecule has 0 saturated carbocycles. The first kappa shape index (κ1) is 25.8. The minimum absolute atomic E-state index is 0.202. The molecule has 2 N–H and O–H groups in total. The molecular formula is C25H30ClN3O4S. The lowest BCUT2D eigenvalue weighted by Crippen LogP contribution is -2.19. The van der Waals surface area contributed by atoms with Crippen molar-refractivity contribution in [1.82, 2.24) is 9.97 Å². The number of hydrogen-bond donors (Lipinski definition) is 1. The lowest BCUT2D eigenvalue weighted by atomic mass is 9.78. The monoisotopic (exact) mass is 503 g/mol. The lowest BCUT2D eigenvalue weighted by Gasteiger charge is -2.27. The SMILES string of the molecule is CCCOc1c(N)cc(C(C)(C)c2ccc(OCc3ccnc(CS(C)(=O)=O)n3)cc2)cc1Cl. The van der Waals surface area contributed by atoms with Crippen LogP contribution in [0.1, 0.15) is 49.8 Å². The highest BCUT2D eigenvalue weighted by atomic mass is 35.5. The fraction of sp³-hybridized carbons (Fsp3) is 0.360. The summed E-state index contributed by atoms with van der Waals surface area (Å²) in [6.07, 6.45) is 3.56. The number of anilines is 1. The van der Waals surface area contributed by atoms with Crippen molar-refractivity contribution in [3.05, 3.63) is 76.3 Å². The molecule has 0 radical (unpaired) electrons. The molecule has 9 heteroatoms. The predicted molar refractivity (Wildman–Crippen MR) is 135 cm³/mol. The number of sulfone groups is 1. The van der Waals surface area contributed by atoms with Crippen molar-refractivity contribution in [3.63, 3.8) is 0 Å². The maximum atomic E-state index is 11.5. The van der Waals surface area contributed by atoms with Gasteiger partial charge in [-0.05, 0) is 47.9 Å². The molecule has 0 atom stereocenters. The Morgan fingerprint density at radius 2 is 1.76 bits per heavy atom. The van der Waals surface area contributed by atoms with E-state index in [4.69, 9.17) is 26.8 Å². The number of nitrogen functional groups attached to an aromatic ring is 1. The van der Waals surface area contributed by atoms with Gasteiger partial charge < -0.3 is 15.2 Å². The van der Waals surface area contributed by atoms with Crippen molar-refractivity contribution < 1.29 is 17.9 Å². The molecule has 0 fully saturated rings. The Hall–Kier alpha value is -2.84. The molecule has 0 spiro atoms. The van der Waals surface area contributed by atoms with E-state index in [0.717, 1.165) is 23.8 Å². The van der Waals surface area contributed by atoms with Crippen LogP contribution in [0, 0.1) is 0 Å². The molecule has 34 heavy (non-hydrogen) atoms. The van der Waals surface area contributed by atoms with Gasteiger partial charge in [-0.2, -0.15) is 0 Å². The van der Waals surface area contributed by atoms with Gasteiger partial charge in [-0.25, -0.2) is 18.4 Å². The smallest absolute Gasteiger partial charge is 0.160 e. The molecule has 1 heterocycles. The summed E-state index contributed by atoms with van der Waals surface area (Å²) in [6, 6.07) is 13.3. The van der Waals surface area contributed by atoms with Gasteiger partial charge in [0.1, 0.15) is 23.9 Å². The molecule has 0 aliphatic rings. The number of ether oxygens (including phenoxy) is 2. The van der Waals surface area contributed by atoms with E-state index < -0.39 is 9.84 Å². The number of halogens is 1. The largest absolute Gasteiger partial charge is 0.490 e. The average molecular weight is 504 g/mol. The third kappa shape index (κ3) is 6.61. The van der Waals surface area contributed by atoms with Gasteiger partial charge in [0, 0.05) is 17.9 Å². The van der Waals surface area contributed by atoms with E-state index in [9.17, 15) is 8.42 Å². The third-order valence-corrected chi connectivity index (χ3v) is 6.43. The zero-order valence-electron chi connectivity index (χ0n) is 19.8. The molecule has 2 aromatic carbocycles. The van der Waals surface area contributed by atoms with Crippen LogP contribution in [-0.2, 0) is 27.6 Å². The molecule has 1 aromatic heterocycles. The quantitative estimate of drug-likeness (QED) is 0.390. The molecular weight excluding hydrogens is 474 g/mol. The number of aromatic nitrogens is 2. The molecule has 0 amide bonds. The zero-order valence-corrected chi connectivity index (χ0v) is 21.4. The van der Waals surface area contributed by atoms with Crippen molar-refractivity contribution in [1.29, 1.82) is 0 Å². The summed E-state index contributed by atoms with van der Waals surface area (Å²) in [6.45, 7) is 6.99. The lowest BCUT2D eigenvalue weighted by molar-refractivity contribution is 0.300. The van der Waals surface area contributed by atoms with Crippen molar-refractivity contribution in [2.45, 2.75) is 45.0 Å². The predicted octanol–water partition coefficient (Wildman–Crippen LogP) is 4.95. The van der Waals surface area contributed by atoms with Gasteiger partial charge in [-0.1, -0.05) is 44.5 Å². The number of rotatable bonds is 10. The van der Waals surface area contributed by atoms with Gasteiger partial charge in [0.05, 0.1) is 23.0 Å². The summed E-state index contributed by atoms with van der Waals surface area (Å²) in [5, 5.41) is 0.497. The Bertz CT molecular complexity index is 1220. The van der Waals surface area contributed by atoms with Crippen LogP contribution in [0.3, 0.4) is 0 Å². The summed E-state index contributed by atoms with van der Waals surface area (Å²) in [5.74, 6) is 1.25. The average Bonchev–Trinajstić information content (AvgIpc) is 2.76. The van der Waals surface area contributed by atoms with E-state index in [1.165, 1.54) is 6.20 Å². The highest BCUT2D eigenvalue weighted by molar-refractivity contribution is 7.89. The Balaban J connectivity index is 1.72. The van der Waals surface area contributed by atoms with Crippen molar-refractivity contribution in [2.75, 3.05) is 18.6 Å². The normalized spacial score (nSPS) is 11.9. The first-order valence-electron chi connectivity index (χ1n) is 10.9. The fourth-order valence-electron chi connectivity index (χ4n) is 3.45. The van der Waals surface area contributed by atoms with E-state index >= 15 is 0 Å². The number of benzene rings is 2. The second kappa shape index (κ2) is 10.6. The molecule has 3 aromatic rings. The first-order chi connectivity index (χ1) is 16.0. The molecule has 0 saturated heterocycles. The van der Waals surface area contributed by atoms with Gasteiger partial charge in [-0.15, -0.1) is 0 Å². The van der Waals surface area contributed by atoms with Gasteiger partial charge in [0.2, 0.25) is 0 Å². The second-order valence-electron chi connectivity index (χ2n) is 8.70. The van der Waals surface area contributed by atoms with E-state index in [2.05, 4.69) is 23.8 Å². The summed E-state index contributed by atoms with van der Waals surface area (Å²) in [7, 11) is -3.20. The maximum Gasteiger partial charge on any atom is 0.160 e. The molecule has 0 aliphatic heterocycles. The van der Waals surface area contributed by atoms with E-state index in [0.29, 0.717) is 34.5 Å². The Labute approximate surface area is 206 Å². The van der Waals surface area contributed by atoms with E-state index in [1.54, 1.807) is 6.07 Å². The molecule has 0 unspecified atom stereocenters. The van der Waals surface area contributed by atoms with Crippen LogP contribution in [0.4, 0.5) is 5.69 Å². The second-order valence-corrected chi connectivity index (χ2v) is 11.2. The minimum atomic E-state index is -3.20. The van der Waals surface area contributed by atoms with Crippen LogP contribution in [0.25, 0.3) is 0 Å². The number of nitrogens with zero attached hydrogens (tertiary/aromatic N) is 2. The zero-order chi connectivity index (χ0) is 24.9. The van der Waals surface area contributed by atoms with Gasteiger partial charge >= 0.3 is 0 Å². The number of nitrogens with two attached hydrogens (primary N) is 1. The molecule has 0 aliphatic carbocycles. The summed E-state index contributed by atoms with van der Waals surface area (Å²) in [5.41, 5.74) is 9.04. The molecule has 0 bridgehead atoms. The van der Waals surface area contributed by atoms with Crippen molar-refractivity contribution in [3.8, 4) is 11.5 Å². The van der Waals surface area contributed by atoms with Gasteiger partial charge in [0.25, 0.3) is 0 Å². The highest BCUT2D eigenvalue weighted by Gasteiger charge is 2.25. The van der Waals surface area contributed by atoms with Crippen LogP contribution in [0.2, 0.25) is 5.02 Å². The van der Waals surface area contributed by atoms with Crippen molar-refractivity contribution in [2.24, 2.45) is 0 Å². The summed E-state index contributed by atoms with van der Waals surface area (Å²) in [4.78, 5) is 8.27. The van der Waals surface area contributed by atoms with E-state index in [1.807, 2.05) is 43.3 Å². The van der Waals surface area contributed by atoms with Crippen LogP contribution in [0.5, 0.6) is 11.5 Å². The molecule has 182 valence electrons. The first-order valence-corrected chi connectivity index (χ1v) is 13.4. The maximum absolute atomic E-state index is 11.5. The van der Waals surface area contributed by atoms with Crippen LogP contribution in [-0.4, -0.2) is 31.2 Å². The van der Waals surface area contributed by atoms with Crippen LogP contribution in [0.15, 0.2) is 48.7 Å². The Morgan fingerprint density at radius 3 is 2.38 bits per heavy atom. The van der Waals surface area contributed by atoms with Crippen molar-refractivity contribution >= 4 is 27.1 Å². The Morgan fingerprint density at radius 1 is 1.06 bits per heavy atom. The van der Waals surface area contributed by atoms with Crippen LogP contribution >= 0.6 is 11.6 Å². The van der Waals surface area contributed by atoms with Gasteiger partial charge in [-0.3, -0.25) is 0 Å². The van der Waals surface area contributed by atoms with Gasteiger partial charge in [0.15, 0.2) is 15.6 Å². The standard InChI is InChI=1S/C25H30ClN3O4S/c1-5-12-32-24-21(26)13-18(14-22(24)27)25(2,3)17-6-8-20(9-7-17)33-15-19-10-11-28-23(29-19)16-34(4,30)31/h6-11,13-14H,5,12,15-16,27H2,1-4H3. The summed E-state index contributed by atoms with van der Waals surface area (Å²) < 4.78 is 34.5. The molecule has 3 rings (SSSR count). The third-order valence-electron chi connectivity index (χ3n) is 5.36. The van der Waals surface area contributed by atoms with Crippen LogP contribution < -0.4 is 15.2 Å². The Kier molecular flexibility index (Phi) is 8.05. The number of hydrogen-bond acceptors (Lipinski definition) is 7. The topological polar surface area (TPSA) is 104 Å². The molecule has 7 nitrogen and oxygen atoms in total. The summed E-state index contributed by atoms with van der Waals surface area (Å²) >= 11 is 6.47. The fourth-order valence-corrected chi connectivity index (χ4v) is 4.34.